The Morgan fingerprint density at radius 2 is 2.14 bits per heavy atom. The molecular formula is C15H17IN2O3. The number of ether oxygens (including phenoxy) is 1. The first-order valence-electron chi connectivity index (χ1n) is 6.70. The highest BCUT2D eigenvalue weighted by Crippen LogP contribution is 2.30. The van der Waals surface area contributed by atoms with E-state index in [4.69, 9.17) is 4.74 Å². The molecule has 6 heteroatoms. The zero-order valence-electron chi connectivity index (χ0n) is 12.1. The van der Waals surface area contributed by atoms with Crippen molar-refractivity contribution in [1.29, 1.82) is 0 Å². The maximum absolute atomic E-state index is 12.0. The van der Waals surface area contributed by atoms with Crippen LogP contribution in [0.15, 0.2) is 23.0 Å². The average Bonchev–Trinajstić information content (AvgIpc) is 2.44. The fourth-order valence-corrected chi connectivity index (χ4v) is 2.81. The van der Waals surface area contributed by atoms with E-state index in [1.54, 1.807) is 12.1 Å². The van der Waals surface area contributed by atoms with Gasteiger partial charge in [0.05, 0.1) is 15.9 Å². The molecule has 0 fully saturated rings. The number of nitrogens with one attached hydrogen (secondary N) is 1. The first kappa shape index (κ1) is 15.8. The third kappa shape index (κ3) is 3.37. The van der Waals surface area contributed by atoms with E-state index in [0.717, 1.165) is 5.69 Å². The minimum atomic E-state index is -0.157. The quantitative estimate of drug-likeness (QED) is 0.773. The first-order valence-corrected chi connectivity index (χ1v) is 7.77. The number of benzene rings is 1. The number of H-pyrrole nitrogens is 1. The molecule has 0 bridgehead atoms. The van der Waals surface area contributed by atoms with Gasteiger partial charge in [-0.15, -0.1) is 0 Å². The molecule has 21 heavy (non-hydrogen) atoms. The molecule has 0 unspecified atom stereocenters. The predicted molar refractivity (Wildman–Crippen MR) is 89.9 cm³/mol. The Bertz CT molecular complexity index is 711. The molecule has 2 N–H and O–H groups in total. The zero-order chi connectivity index (χ0) is 15.6. The number of rotatable bonds is 4. The van der Waals surface area contributed by atoms with Crippen molar-refractivity contribution in [3.05, 3.63) is 37.8 Å². The van der Waals surface area contributed by atoms with Crippen LogP contribution in [0.25, 0.3) is 11.4 Å². The Morgan fingerprint density at radius 3 is 2.76 bits per heavy atom. The lowest BCUT2D eigenvalue weighted by Crippen LogP contribution is -2.17. The maximum atomic E-state index is 12.0. The summed E-state index contributed by atoms with van der Waals surface area (Å²) in [5.41, 5.74) is 1.31. The van der Waals surface area contributed by atoms with Gasteiger partial charge >= 0.3 is 0 Å². The number of halogens is 1. The summed E-state index contributed by atoms with van der Waals surface area (Å²) >= 11 is 2.01. The van der Waals surface area contributed by atoms with Crippen LogP contribution >= 0.6 is 22.6 Å². The van der Waals surface area contributed by atoms with E-state index < -0.39 is 0 Å². The number of phenolic OH excluding ortho intramolecular Hbond substituents is 1. The largest absolute Gasteiger partial charge is 0.504 e. The van der Waals surface area contributed by atoms with E-state index in [2.05, 4.69) is 9.97 Å². The number of hydrogen-bond acceptors (Lipinski definition) is 4. The molecule has 0 amide bonds. The van der Waals surface area contributed by atoms with Crippen LogP contribution in [0.5, 0.6) is 11.5 Å². The van der Waals surface area contributed by atoms with Gasteiger partial charge in [0, 0.05) is 5.56 Å². The van der Waals surface area contributed by atoms with E-state index in [1.807, 2.05) is 43.4 Å². The third-order valence-electron chi connectivity index (χ3n) is 2.97. The lowest BCUT2D eigenvalue weighted by atomic mass is 10.1. The summed E-state index contributed by atoms with van der Waals surface area (Å²) in [5, 5.41) is 9.74. The van der Waals surface area contributed by atoms with Gasteiger partial charge in [-0.1, -0.05) is 13.8 Å². The molecule has 0 radical (unpaired) electrons. The van der Waals surface area contributed by atoms with Crippen molar-refractivity contribution in [1.82, 2.24) is 9.97 Å². The van der Waals surface area contributed by atoms with Crippen LogP contribution in [0.4, 0.5) is 0 Å². The van der Waals surface area contributed by atoms with E-state index >= 15 is 0 Å². The Balaban J connectivity index is 2.57. The second-order valence-corrected chi connectivity index (χ2v) is 5.96. The number of aromatic nitrogens is 2. The van der Waals surface area contributed by atoms with E-state index in [1.165, 1.54) is 6.07 Å². The Morgan fingerprint density at radius 1 is 1.43 bits per heavy atom. The Hall–Kier alpha value is -1.57. The van der Waals surface area contributed by atoms with Gasteiger partial charge in [0.1, 0.15) is 5.82 Å². The number of aromatic hydroxyl groups is 1. The highest BCUT2D eigenvalue weighted by atomic mass is 127. The van der Waals surface area contributed by atoms with Crippen molar-refractivity contribution in [3.63, 3.8) is 0 Å². The average molecular weight is 400 g/mol. The number of hydrogen-bond donors (Lipinski definition) is 2. The van der Waals surface area contributed by atoms with Gasteiger partial charge in [-0.25, -0.2) is 4.98 Å². The van der Waals surface area contributed by atoms with Crippen LogP contribution in [0.1, 0.15) is 32.4 Å². The van der Waals surface area contributed by atoms with Crippen LogP contribution in [0.3, 0.4) is 0 Å². The van der Waals surface area contributed by atoms with Gasteiger partial charge in [0.15, 0.2) is 11.5 Å². The van der Waals surface area contributed by atoms with Crippen LogP contribution in [-0.4, -0.2) is 21.7 Å². The maximum Gasteiger partial charge on any atom is 0.264 e. The summed E-state index contributed by atoms with van der Waals surface area (Å²) in [7, 11) is 0. The standard InChI is InChI=1S/C15H17IN2O3/c1-4-21-11-7-9(5-6-10(11)19)14-17-13(8(2)3)12(16)15(20)18-14/h5-8,19H,4H2,1-3H3,(H,17,18,20). The summed E-state index contributed by atoms with van der Waals surface area (Å²) in [6.45, 7) is 6.28. The van der Waals surface area contributed by atoms with Gasteiger partial charge in [-0.2, -0.15) is 0 Å². The van der Waals surface area contributed by atoms with Gasteiger partial charge in [-0.3, -0.25) is 4.79 Å². The smallest absolute Gasteiger partial charge is 0.264 e. The second kappa shape index (κ2) is 6.46. The van der Waals surface area contributed by atoms with Gasteiger partial charge in [0.25, 0.3) is 5.56 Å². The molecule has 1 aromatic heterocycles. The molecule has 0 aliphatic carbocycles. The van der Waals surface area contributed by atoms with Crippen molar-refractivity contribution >= 4 is 22.6 Å². The molecule has 0 saturated carbocycles. The lowest BCUT2D eigenvalue weighted by Gasteiger charge is -2.11. The fourth-order valence-electron chi connectivity index (χ4n) is 1.93. The third-order valence-corrected chi connectivity index (χ3v) is 4.01. The molecule has 0 saturated heterocycles. The zero-order valence-corrected chi connectivity index (χ0v) is 14.3. The minimum Gasteiger partial charge on any atom is -0.504 e. The Labute approximate surface area is 136 Å². The van der Waals surface area contributed by atoms with Crippen LogP contribution in [-0.2, 0) is 0 Å². The number of aromatic amines is 1. The van der Waals surface area contributed by atoms with Crippen LogP contribution < -0.4 is 10.3 Å². The normalized spacial score (nSPS) is 10.9. The van der Waals surface area contributed by atoms with Crippen LogP contribution in [0.2, 0.25) is 0 Å². The molecule has 2 rings (SSSR count). The fraction of sp³-hybridized carbons (Fsp3) is 0.333. The number of nitrogens with zero attached hydrogens (tertiary/aromatic N) is 1. The van der Waals surface area contributed by atoms with Crippen molar-refractivity contribution in [3.8, 4) is 22.9 Å². The van der Waals surface area contributed by atoms with Crippen molar-refractivity contribution in [2.24, 2.45) is 0 Å². The molecule has 0 atom stereocenters. The molecule has 0 aliphatic heterocycles. The first-order chi connectivity index (χ1) is 9.93. The molecule has 2 aromatic rings. The molecule has 5 nitrogen and oxygen atoms in total. The lowest BCUT2D eigenvalue weighted by molar-refractivity contribution is 0.318. The van der Waals surface area contributed by atoms with Gasteiger partial charge in [0.2, 0.25) is 0 Å². The van der Waals surface area contributed by atoms with E-state index in [9.17, 15) is 9.90 Å². The monoisotopic (exact) mass is 400 g/mol. The highest BCUT2D eigenvalue weighted by molar-refractivity contribution is 14.1. The van der Waals surface area contributed by atoms with E-state index in [-0.39, 0.29) is 17.2 Å². The van der Waals surface area contributed by atoms with Crippen LogP contribution in [0, 0.1) is 3.57 Å². The van der Waals surface area contributed by atoms with Crippen molar-refractivity contribution < 1.29 is 9.84 Å². The molecule has 1 aromatic carbocycles. The summed E-state index contributed by atoms with van der Waals surface area (Å²) in [6.07, 6.45) is 0. The number of phenols is 1. The van der Waals surface area contributed by atoms with Crippen molar-refractivity contribution in [2.75, 3.05) is 6.61 Å². The SMILES string of the molecule is CCOc1cc(-c2nc(C(C)C)c(I)c(=O)[nH]2)ccc1O. The predicted octanol–water partition coefficient (Wildman–Crippen LogP) is 3.27. The van der Waals surface area contributed by atoms with Gasteiger partial charge in [-0.05, 0) is 53.6 Å². The summed E-state index contributed by atoms with van der Waals surface area (Å²) in [5.74, 6) is 1.08. The Kier molecular flexibility index (Phi) is 4.87. The molecule has 0 aliphatic rings. The van der Waals surface area contributed by atoms with E-state index in [0.29, 0.717) is 27.3 Å². The molecular weight excluding hydrogens is 383 g/mol. The molecule has 1 heterocycles. The second-order valence-electron chi connectivity index (χ2n) is 4.88. The molecule has 112 valence electrons. The summed E-state index contributed by atoms with van der Waals surface area (Å²) in [6, 6.07) is 4.91. The summed E-state index contributed by atoms with van der Waals surface area (Å²) < 4.78 is 5.97. The topological polar surface area (TPSA) is 75.2 Å². The highest BCUT2D eigenvalue weighted by Gasteiger charge is 2.14. The minimum absolute atomic E-state index is 0.0672. The van der Waals surface area contributed by atoms with Gasteiger partial charge < -0.3 is 14.8 Å². The summed E-state index contributed by atoms with van der Waals surface area (Å²) in [4.78, 5) is 19.3. The van der Waals surface area contributed by atoms with Crippen molar-refractivity contribution in [2.45, 2.75) is 26.7 Å². The molecule has 0 spiro atoms.